The molecule has 1 rings (SSSR count). The Morgan fingerprint density at radius 3 is 3.00 bits per heavy atom. The first-order valence-corrected chi connectivity index (χ1v) is 2.17. The van der Waals surface area contributed by atoms with E-state index in [0.29, 0.717) is 0 Å². The zero-order valence-electron chi connectivity index (χ0n) is 3.94. The Kier molecular flexibility index (Phi) is 1.02. The van der Waals surface area contributed by atoms with Gasteiger partial charge < -0.3 is 11.1 Å². The Labute approximate surface area is 42.7 Å². The summed E-state index contributed by atoms with van der Waals surface area (Å²) in [5, 5.41) is 2.92. The molecule has 0 aromatic heterocycles. The van der Waals surface area contributed by atoms with Crippen molar-refractivity contribution in [3.63, 3.8) is 0 Å². The molecule has 0 aromatic carbocycles. The Balaban J connectivity index is 2.58. The van der Waals surface area contributed by atoms with E-state index >= 15 is 0 Å². The lowest BCUT2D eigenvalue weighted by molar-refractivity contribution is 0.946. The van der Waals surface area contributed by atoms with E-state index in [0.717, 1.165) is 12.2 Å². The second-order valence-corrected chi connectivity index (χ2v) is 1.36. The molecular weight excluding hydrogens is 88.1 g/mol. The number of nitrogens with two attached hydrogens (primary N) is 1. The van der Waals surface area contributed by atoms with Crippen molar-refractivity contribution in [2.45, 2.75) is 0 Å². The van der Waals surface area contributed by atoms with Crippen molar-refractivity contribution in [3.05, 3.63) is 24.0 Å². The van der Waals surface area contributed by atoms with Crippen LogP contribution in [-0.4, -0.2) is 6.54 Å². The molecule has 0 bridgehead atoms. The van der Waals surface area contributed by atoms with Gasteiger partial charge in [0.1, 0.15) is 0 Å². The highest BCUT2D eigenvalue weighted by atomic mass is 14.8. The first kappa shape index (κ1) is 4.24. The predicted octanol–water partition coefficient (Wildman–Crippen LogP) is -0.251. The average Bonchev–Trinajstić information content (AvgIpc) is 1.69. The molecule has 1 radical (unpaired) electrons. The van der Waals surface area contributed by atoms with Crippen LogP contribution in [0.2, 0.25) is 0 Å². The molecule has 0 unspecified atom stereocenters. The van der Waals surface area contributed by atoms with E-state index in [9.17, 15) is 0 Å². The van der Waals surface area contributed by atoms with Gasteiger partial charge in [0.2, 0.25) is 0 Å². The summed E-state index contributed by atoms with van der Waals surface area (Å²) in [6, 6.07) is 0. The van der Waals surface area contributed by atoms with Gasteiger partial charge in [-0.1, -0.05) is 0 Å². The maximum atomic E-state index is 5.31. The normalized spacial score (nSPS) is 18.0. The van der Waals surface area contributed by atoms with E-state index in [2.05, 4.69) is 11.4 Å². The number of allylic oxidation sites excluding steroid dienone is 1. The van der Waals surface area contributed by atoms with E-state index in [4.69, 9.17) is 5.73 Å². The fourth-order valence-corrected chi connectivity index (χ4v) is 0.421. The second-order valence-electron chi connectivity index (χ2n) is 1.36. The molecule has 37 valence electrons. The summed E-state index contributed by atoms with van der Waals surface area (Å²) in [4.78, 5) is 0. The van der Waals surface area contributed by atoms with Crippen LogP contribution in [0.4, 0.5) is 0 Å². The molecule has 1 aliphatic rings. The predicted molar refractivity (Wildman–Crippen MR) is 28.1 cm³/mol. The van der Waals surface area contributed by atoms with E-state index in [-0.39, 0.29) is 0 Å². The highest BCUT2D eigenvalue weighted by Gasteiger charge is 1.85. The molecule has 1 heterocycles. The molecule has 0 aromatic rings. The maximum absolute atomic E-state index is 5.31. The number of rotatable bonds is 0. The van der Waals surface area contributed by atoms with Gasteiger partial charge in [-0.2, -0.15) is 0 Å². The number of nitrogens with one attached hydrogen (secondary N) is 1. The first-order valence-electron chi connectivity index (χ1n) is 2.17. The molecule has 0 fully saturated rings. The summed E-state index contributed by atoms with van der Waals surface area (Å²) >= 11 is 0. The summed E-state index contributed by atoms with van der Waals surface area (Å²) in [5.74, 6) is 0. The van der Waals surface area contributed by atoms with Crippen molar-refractivity contribution in [2.24, 2.45) is 5.73 Å². The molecule has 0 spiro atoms. The molecule has 0 aliphatic carbocycles. The van der Waals surface area contributed by atoms with Crippen LogP contribution in [0.5, 0.6) is 0 Å². The zero-order valence-corrected chi connectivity index (χ0v) is 3.94. The molecule has 1 aliphatic heterocycles. The van der Waals surface area contributed by atoms with E-state index in [1.165, 1.54) is 0 Å². The highest BCUT2D eigenvalue weighted by Crippen LogP contribution is 1.86. The van der Waals surface area contributed by atoms with Gasteiger partial charge in [0.05, 0.1) is 0 Å². The van der Waals surface area contributed by atoms with Crippen molar-refractivity contribution < 1.29 is 0 Å². The van der Waals surface area contributed by atoms with Crippen molar-refractivity contribution in [2.75, 3.05) is 6.54 Å². The van der Waals surface area contributed by atoms with Crippen molar-refractivity contribution >= 4 is 0 Å². The summed E-state index contributed by atoms with van der Waals surface area (Å²) in [6.45, 7) is 0.832. The Bertz CT molecular complexity index is 113. The standard InChI is InChI=1S/C5H7N2/c6-5-1-3-7-4-2-5/h1,4,7H,3,6H2. The quantitative estimate of drug-likeness (QED) is 0.435. The minimum absolute atomic E-state index is 0.721. The Morgan fingerprint density at radius 1 is 1.86 bits per heavy atom. The van der Waals surface area contributed by atoms with Gasteiger partial charge in [-0.05, 0) is 6.08 Å². The number of hydrogen-bond donors (Lipinski definition) is 2. The summed E-state index contributed by atoms with van der Waals surface area (Å²) < 4.78 is 0. The molecule has 3 N–H and O–H groups in total. The van der Waals surface area contributed by atoms with Crippen LogP contribution >= 0.6 is 0 Å². The Hall–Kier alpha value is -0.920. The second kappa shape index (κ2) is 1.69. The van der Waals surface area contributed by atoms with Gasteiger partial charge in [0.15, 0.2) is 0 Å². The largest absolute Gasteiger partial charge is 0.398 e. The van der Waals surface area contributed by atoms with Crippen molar-refractivity contribution in [1.82, 2.24) is 5.32 Å². The maximum Gasteiger partial charge on any atom is 0.0386 e. The highest BCUT2D eigenvalue weighted by molar-refractivity contribution is 5.12. The lowest BCUT2D eigenvalue weighted by atomic mass is 10.3. The van der Waals surface area contributed by atoms with E-state index in [1.807, 2.05) is 6.08 Å². The third-order valence-corrected chi connectivity index (χ3v) is 0.781. The molecule has 0 saturated carbocycles. The van der Waals surface area contributed by atoms with Crippen LogP contribution in [0.3, 0.4) is 0 Å². The lowest BCUT2D eigenvalue weighted by Crippen LogP contribution is -2.12. The van der Waals surface area contributed by atoms with Crippen LogP contribution in [0, 0.1) is 6.08 Å². The van der Waals surface area contributed by atoms with Crippen LogP contribution in [0.1, 0.15) is 0 Å². The molecule has 0 atom stereocenters. The van der Waals surface area contributed by atoms with Gasteiger partial charge in [0.25, 0.3) is 0 Å². The summed E-state index contributed by atoms with van der Waals surface area (Å²) in [5.41, 5.74) is 6.03. The zero-order chi connectivity index (χ0) is 5.11. The smallest absolute Gasteiger partial charge is 0.0386 e. The minimum atomic E-state index is 0.721. The summed E-state index contributed by atoms with van der Waals surface area (Å²) in [7, 11) is 0. The minimum Gasteiger partial charge on any atom is -0.398 e. The van der Waals surface area contributed by atoms with Gasteiger partial charge in [-0.25, -0.2) is 0 Å². The molecule has 2 nitrogen and oxygen atoms in total. The van der Waals surface area contributed by atoms with Gasteiger partial charge in [0, 0.05) is 24.5 Å². The fourth-order valence-electron chi connectivity index (χ4n) is 0.421. The number of hydrogen-bond acceptors (Lipinski definition) is 2. The molecular formula is C5H7N2. The van der Waals surface area contributed by atoms with Crippen LogP contribution < -0.4 is 11.1 Å². The van der Waals surface area contributed by atoms with E-state index < -0.39 is 0 Å². The summed E-state index contributed by atoms with van der Waals surface area (Å²) in [6.07, 6.45) is 6.38. The number of dihydropyridines is 1. The van der Waals surface area contributed by atoms with Gasteiger partial charge >= 0.3 is 0 Å². The molecule has 0 saturated heterocycles. The SMILES string of the molecule is NC1=CCNC=[C]1. The average molecular weight is 95.1 g/mol. The third-order valence-electron chi connectivity index (χ3n) is 0.781. The van der Waals surface area contributed by atoms with E-state index in [1.54, 1.807) is 6.20 Å². The molecule has 2 heteroatoms. The monoisotopic (exact) mass is 95.1 g/mol. The Morgan fingerprint density at radius 2 is 2.71 bits per heavy atom. The lowest BCUT2D eigenvalue weighted by Gasteiger charge is -2.00. The topological polar surface area (TPSA) is 38.0 Å². The van der Waals surface area contributed by atoms with Crippen molar-refractivity contribution in [3.8, 4) is 0 Å². The first-order chi connectivity index (χ1) is 3.39. The van der Waals surface area contributed by atoms with Crippen molar-refractivity contribution in [1.29, 1.82) is 0 Å². The third kappa shape index (κ3) is 0.961. The molecule has 7 heavy (non-hydrogen) atoms. The molecule has 0 amide bonds. The fraction of sp³-hybridized carbons (Fsp3) is 0.200. The van der Waals surface area contributed by atoms with Gasteiger partial charge in [-0.3, -0.25) is 0 Å². The van der Waals surface area contributed by atoms with Gasteiger partial charge in [-0.15, -0.1) is 0 Å². The van der Waals surface area contributed by atoms with Crippen LogP contribution in [0.25, 0.3) is 0 Å². The van der Waals surface area contributed by atoms with Crippen LogP contribution in [-0.2, 0) is 0 Å². The van der Waals surface area contributed by atoms with Crippen LogP contribution in [0.15, 0.2) is 18.0 Å².